The fraction of sp³-hybridized carbons (Fsp3) is 0.100. The van der Waals surface area contributed by atoms with E-state index in [4.69, 9.17) is 17.4 Å². The largest absolute Gasteiger partial charge is 0.308 e. The number of aryl methyl sites for hydroxylation is 1. The molecule has 0 atom stereocenters. The maximum absolute atomic E-state index is 13.1. The van der Waals surface area contributed by atoms with Gasteiger partial charge in [0, 0.05) is 11.5 Å². The number of pyridine rings is 1. The lowest BCUT2D eigenvalue weighted by Gasteiger charge is -2.07. The number of fused-ring (bicyclic) bond motifs is 1. The number of hydrazine groups is 1. The third-order valence-corrected chi connectivity index (χ3v) is 2.49. The summed E-state index contributed by atoms with van der Waals surface area (Å²) in [6.07, 6.45) is 0. The molecule has 3 nitrogen and oxygen atoms in total. The van der Waals surface area contributed by atoms with Crippen molar-refractivity contribution in [2.75, 3.05) is 5.43 Å². The highest BCUT2D eigenvalue weighted by molar-refractivity contribution is 6.35. The molecule has 0 radical (unpaired) electrons. The topological polar surface area (TPSA) is 50.9 Å². The molecular formula is C10H9ClFN3. The lowest BCUT2D eigenvalue weighted by Crippen LogP contribution is -2.10. The van der Waals surface area contributed by atoms with Crippen molar-refractivity contribution in [2.45, 2.75) is 6.92 Å². The van der Waals surface area contributed by atoms with E-state index in [1.807, 2.05) is 13.0 Å². The Morgan fingerprint density at radius 1 is 1.40 bits per heavy atom. The van der Waals surface area contributed by atoms with Gasteiger partial charge < -0.3 is 5.43 Å². The third kappa shape index (κ3) is 1.73. The summed E-state index contributed by atoms with van der Waals surface area (Å²) in [4.78, 5) is 4.15. The van der Waals surface area contributed by atoms with Crippen molar-refractivity contribution in [1.82, 2.24) is 4.98 Å². The Morgan fingerprint density at radius 2 is 2.13 bits per heavy atom. The van der Waals surface area contributed by atoms with Crippen molar-refractivity contribution in [3.63, 3.8) is 0 Å². The Hall–Kier alpha value is -1.39. The van der Waals surface area contributed by atoms with Crippen LogP contribution in [0.3, 0.4) is 0 Å². The number of hydrogen-bond acceptors (Lipinski definition) is 3. The third-order valence-electron chi connectivity index (χ3n) is 2.18. The maximum Gasteiger partial charge on any atom is 0.143 e. The quantitative estimate of drug-likeness (QED) is 0.580. The number of anilines is 1. The maximum atomic E-state index is 13.1. The molecule has 78 valence electrons. The summed E-state index contributed by atoms with van der Waals surface area (Å²) >= 11 is 5.90. The van der Waals surface area contributed by atoms with Gasteiger partial charge in [0.05, 0.1) is 10.5 Å². The fourth-order valence-electron chi connectivity index (χ4n) is 1.45. The molecule has 1 heterocycles. The zero-order chi connectivity index (χ0) is 11.0. The van der Waals surface area contributed by atoms with Crippen LogP contribution in [0, 0.1) is 12.7 Å². The van der Waals surface area contributed by atoms with E-state index in [0.717, 1.165) is 10.9 Å². The molecule has 3 N–H and O–H groups in total. The zero-order valence-corrected chi connectivity index (χ0v) is 8.77. The van der Waals surface area contributed by atoms with Gasteiger partial charge in [-0.15, -0.1) is 0 Å². The number of benzene rings is 1. The summed E-state index contributed by atoms with van der Waals surface area (Å²) in [7, 11) is 0. The number of nitrogens with one attached hydrogen (secondary N) is 1. The number of nitrogens with zero attached hydrogens (tertiary/aromatic N) is 1. The van der Waals surface area contributed by atoms with Gasteiger partial charge in [-0.1, -0.05) is 11.6 Å². The summed E-state index contributed by atoms with van der Waals surface area (Å²) in [6.45, 7) is 1.85. The summed E-state index contributed by atoms with van der Waals surface area (Å²) in [6, 6.07) is 4.40. The lowest BCUT2D eigenvalue weighted by molar-refractivity contribution is 0.629. The molecule has 2 aromatic rings. The molecule has 0 saturated heterocycles. The lowest BCUT2D eigenvalue weighted by atomic mass is 10.1. The molecule has 15 heavy (non-hydrogen) atoms. The first-order valence-electron chi connectivity index (χ1n) is 4.35. The first kappa shape index (κ1) is 10.1. The van der Waals surface area contributed by atoms with E-state index < -0.39 is 5.82 Å². The molecule has 0 unspecified atom stereocenters. The number of nitrogen functional groups attached to an aromatic ring is 1. The van der Waals surface area contributed by atoms with Crippen molar-refractivity contribution in [3.8, 4) is 0 Å². The Bertz CT molecular complexity index is 528. The van der Waals surface area contributed by atoms with Crippen molar-refractivity contribution in [2.24, 2.45) is 5.84 Å². The van der Waals surface area contributed by atoms with E-state index >= 15 is 0 Å². The Balaban J connectivity index is 2.81. The minimum absolute atomic E-state index is 0.351. The van der Waals surface area contributed by atoms with Crippen molar-refractivity contribution < 1.29 is 4.39 Å². The molecule has 5 heteroatoms. The van der Waals surface area contributed by atoms with E-state index in [0.29, 0.717) is 16.4 Å². The molecule has 2 rings (SSSR count). The van der Waals surface area contributed by atoms with Gasteiger partial charge in [0.1, 0.15) is 11.6 Å². The van der Waals surface area contributed by atoms with E-state index in [1.54, 1.807) is 0 Å². The summed E-state index contributed by atoms with van der Waals surface area (Å²) < 4.78 is 13.1. The number of rotatable bonds is 1. The number of hydrogen-bond donors (Lipinski definition) is 2. The standard InChI is InChI=1S/C10H9ClFN3/c1-5-2-7-8(11)3-6(12)4-9(7)14-10(5)15-13/h2-4H,13H2,1H3,(H,14,15). The molecule has 0 aliphatic carbocycles. The highest BCUT2D eigenvalue weighted by Gasteiger charge is 2.07. The van der Waals surface area contributed by atoms with Crippen LogP contribution < -0.4 is 11.3 Å². The second kappa shape index (κ2) is 3.64. The summed E-state index contributed by atoms with van der Waals surface area (Å²) in [5.41, 5.74) is 3.79. The highest BCUT2D eigenvalue weighted by atomic mass is 35.5. The van der Waals surface area contributed by atoms with Gasteiger partial charge in [-0.3, -0.25) is 0 Å². The van der Waals surface area contributed by atoms with Crippen LogP contribution in [0.2, 0.25) is 5.02 Å². The van der Waals surface area contributed by atoms with E-state index in [9.17, 15) is 4.39 Å². The van der Waals surface area contributed by atoms with Crippen LogP contribution in [0.25, 0.3) is 10.9 Å². The van der Waals surface area contributed by atoms with Crippen molar-refractivity contribution in [1.29, 1.82) is 0 Å². The monoisotopic (exact) mass is 225 g/mol. The molecule has 0 bridgehead atoms. The molecule has 0 spiro atoms. The van der Waals surface area contributed by atoms with Crippen molar-refractivity contribution in [3.05, 3.63) is 34.6 Å². The molecule has 0 aliphatic rings. The minimum atomic E-state index is -0.410. The molecular weight excluding hydrogens is 217 g/mol. The number of nitrogens with two attached hydrogens (primary N) is 1. The average molecular weight is 226 g/mol. The van der Waals surface area contributed by atoms with Gasteiger partial charge in [0.25, 0.3) is 0 Å². The second-order valence-corrected chi connectivity index (χ2v) is 3.66. The van der Waals surface area contributed by atoms with Crippen LogP contribution in [0.15, 0.2) is 18.2 Å². The van der Waals surface area contributed by atoms with Crippen LogP contribution in [-0.4, -0.2) is 4.98 Å². The van der Waals surface area contributed by atoms with Crippen LogP contribution in [-0.2, 0) is 0 Å². The molecule has 0 aliphatic heterocycles. The van der Waals surface area contributed by atoms with Gasteiger partial charge in [-0.25, -0.2) is 15.2 Å². The Kier molecular flexibility index (Phi) is 2.46. The summed E-state index contributed by atoms with van der Waals surface area (Å²) in [5.74, 6) is 5.39. The second-order valence-electron chi connectivity index (χ2n) is 3.25. The SMILES string of the molecule is Cc1cc2c(Cl)cc(F)cc2nc1NN. The normalized spacial score (nSPS) is 10.7. The van der Waals surface area contributed by atoms with Crippen LogP contribution >= 0.6 is 11.6 Å². The average Bonchev–Trinajstić information content (AvgIpc) is 2.18. The first-order chi connectivity index (χ1) is 7.11. The predicted molar refractivity (Wildman–Crippen MR) is 59.3 cm³/mol. The van der Waals surface area contributed by atoms with Crippen LogP contribution in [0.5, 0.6) is 0 Å². The molecule has 0 saturated carbocycles. The number of aromatic nitrogens is 1. The van der Waals surface area contributed by atoms with Crippen LogP contribution in [0.4, 0.5) is 10.2 Å². The van der Waals surface area contributed by atoms with Gasteiger partial charge in [0.2, 0.25) is 0 Å². The predicted octanol–water partition coefficient (Wildman–Crippen LogP) is 2.62. The first-order valence-corrected chi connectivity index (χ1v) is 4.72. The van der Waals surface area contributed by atoms with E-state index in [-0.39, 0.29) is 0 Å². The van der Waals surface area contributed by atoms with Gasteiger partial charge in [-0.2, -0.15) is 0 Å². The van der Waals surface area contributed by atoms with Gasteiger partial charge in [0.15, 0.2) is 0 Å². The molecule has 1 aromatic carbocycles. The molecule has 1 aromatic heterocycles. The molecule has 0 amide bonds. The van der Waals surface area contributed by atoms with Crippen molar-refractivity contribution >= 4 is 28.3 Å². The zero-order valence-electron chi connectivity index (χ0n) is 8.01. The van der Waals surface area contributed by atoms with E-state index in [2.05, 4.69) is 10.4 Å². The smallest absolute Gasteiger partial charge is 0.143 e. The highest BCUT2D eigenvalue weighted by Crippen LogP contribution is 2.26. The minimum Gasteiger partial charge on any atom is -0.308 e. The molecule has 0 fully saturated rings. The Morgan fingerprint density at radius 3 is 2.80 bits per heavy atom. The Labute approximate surface area is 91.0 Å². The van der Waals surface area contributed by atoms with Gasteiger partial charge in [-0.05, 0) is 24.6 Å². The van der Waals surface area contributed by atoms with Crippen LogP contribution in [0.1, 0.15) is 5.56 Å². The fourth-order valence-corrected chi connectivity index (χ4v) is 1.70. The summed E-state index contributed by atoms with van der Waals surface area (Å²) in [5, 5.41) is 1.07. The van der Waals surface area contributed by atoms with Gasteiger partial charge >= 0.3 is 0 Å². The number of halogens is 2. The van der Waals surface area contributed by atoms with E-state index in [1.165, 1.54) is 12.1 Å².